The van der Waals surface area contributed by atoms with E-state index < -0.39 is 0 Å². The third-order valence-electron chi connectivity index (χ3n) is 3.17. The summed E-state index contributed by atoms with van der Waals surface area (Å²) in [4.78, 5) is 4.29. The first-order valence-electron chi connectivity index (χ1n) is 6.21. The zero-order chi connectivity index (χ0) is 10.8. The fraction of sp³-hybridized carbons (Fsp3) is 0.750. The number of hydrogen-bond donors (Lipinski definition) is 1. The van der Waals surface area contributed by atoms with Gasteiger partial charge in [-0.25, -0.2) is 4.98 Å². The minimum absolute atomic E-state index is 0.151. The molecule has 1 saturated carbocycles. The van der Waals surface area contributed by atoms with Gasteiger partial charge in [-0.15, -0.1) is 0 Å². The van der Waals surface area contributed by atoms with Crippen LogP contribution in [0.5, 0.6) is 0 Å². The molecule has 4 nitrogen and oxygen atoms in total. The van der Waals surface area contributed by atoms with E-state index in [4.69, 9.17) is 9.15 Å². The van der Waals surface area contributed by atoms with Crippen molar-refractivity contribution in [2.24, 2.45) is 0 Å². The van der Waals surface area contributed by atoms with Gasteiger partial charge in [0.25, 0.3) is 0 Å². The summed E-state index contributed by atoms with van der Waals surface area (Å²) in [6.07, 6.45) is 7.70. The molecule has 0 amide bonds. The zero-order valence-corrected chi connectivity index (χ0v) is 9.45. The summed E-state index contributed by atoms with van der Waals surface area (Å²) in [6.45, 7) is 1.82. The lowest BCUT2D eigenvalue weighted by Gasteiger charge is -2.03. The fourth-order valence-electron chi connectivity index (χ4n) is 2.06. The normalized spacial score (nSPS) is 25.1. The molecule has 1 aromatic heterocycles. The van der Waals surface area contributed by atoms with Gasteiger partial charge in [0.2, 0.25) is 0 Å². The summed E-state index contributed by atoms with van der Waals surface area (Å²) in [5.74, 6) is 1.73. The number of nitrogens with one attached hydrogen (secondary N) is 1. The van der Waals surface area contributed by atoms with Crippen LogP contribution in [0.4, 0.5) is 0 Å². The van der Waals surface area contributed by atoms with E-state index in [9.17, 15) is 0 Å². The van der Waals surface area contributed by atoms with Gasteiger partial charge in [-0.3, -0.25) is 0 Å². The first kappa shape index (κ1) is 10.3. The Kier molecular flexibility index (Phi) is 2.93. The molecule has 3 rings (SSSR count). The lowest BCUT2D eigenvalue weighted by Crippen LogP contribution is -2.19. The molecule has 2 aliphatic rings. The van der Waals surface area contributed by atoms with Gasteiger partial charge in [0.05, 0.1) is 6.20 Å². The van der Waals surface area contributed by atoms with E-state index >= 15 is 0 Å². The highest BCUT2D eigenvalue weighted by atomic mass is 16.5. The van der Waals surface area contributed by atoms with Crippen molar-refractivity contribution in [1.29, 1.82) is 0 Å². The molecule has 1 atom stereocenters. The average molecular weight is 222 g/mol. The number of oxazole rings is 1. The van der Waals surface area contributed by atoms with E-state index in [1.54, 1.807) is 0 Å². The number of ether oxygens (including phenoxy) is 1. The highest BCUT2D eigenvalue weighted by molar-refractivity contribution is 5.00. The Bertz CT molecular complexity index is 341. The van der Waals surface area contributed by atoms with E-state index in [0.717, 1.165) is 50.1 Å². The van der Waals surface area contributed by atoms with Crippen molar-refractivity contribution < 1.29 is 9.15 Å². The van der Waals surface area contributed by atoms with Crippen molar-refractivity contribution in [1.82, 2.24) is 10.3 Å². The molecule has 0 bridgehead atoms. The van der Waals surface area contributed by atoms with Crippen molar-refractivity contribution >= 4 is 0 Å². The van der Waals surface area contributed by atoms with Gasteiger partial charge in [0.1, 0.15) is 6.10 Å². The molecule has 0 spiro atoms. The van der Waals surface area contributed by atoms with E-state index in [-0.39, 0.29) is 6.10 Å². The monoisotopic (exact) mass is 222 g/mol. The summed E-state index contributed by atoms with van der Waals surface area (Å²) in [7, 11) is 0. The molecule has 1 N–H and O–H groups in total. The van der Waals surface area contributed by atoms with E-state index in [2.05, 4.69) is 10.3 Å². The summed E-state index contributed by atoms with van der Waals surface area (Å²) in [5.41, 5.74) is 0. The second kappa shape index (κ2) is 4.55. The van der Waals surface area contributed by atoms with Crippen LogP contribution in [0.2, 0.25) is 0 Å². The van der Waals surface area contributed by atoms with Gasteiger partial charge < -0.3 is 14.5 Å². The first-order chi connectivity index (χ1) is 7.92. The third-order valence-corrected chi connectivity index (χ3v) is 3.17. The molecule has 1 aromatic rings. The molecule has 1 aliphatic carbocycles. The van der Waals surface area contributed by atoms with E-state index in [0.29, 0.717) is 0 Å². The lowest BCUT2D eigenvalue weighted by atomic mass is 10.2. The Balaban J connectivity index is 1.50. The molecule has 2 fully saturated rings. The van der Waals surface area contributed by atoms with E-state index in [1.165, 1.54) is 12.8 Å². The van der Waals surface area contributed by atoms with Crippen LogP contribution in [0.15, 0.2) is 10.6 Å². The van der Waals surface area contributed by atoms with Gasteiger partial charge in [-0.05, 0) is 25.7 Å². The summed E-state index contributed by atoms with van der Waals surface area (Å²) < 4.78 is 11.2. The Morgan fingerprint density at radius 3 is 3.06 bits per heavy atom. The van der Waals surface area contributed by atoms with Crippen LogP contribution in [0.25, 0.3) is 0 Å². The minimum Gasteiger partial charge on any atom is -0.443 e. The second-order valence-electron chi connectivity index (χ2n) is 4.64. The zero-order valence-electron chi connectivity index (χ0n) is 9.45. The highest BCUT2D eigenvalue weighted by Gasteiger charge is 2.22. The topological polar surface area (TPSA) is 47.3 Å². The molecular weight excluding hydrogens is 204 g/mol. The van der Waals surface area contributed by atoms with Crippen LogP contribution in [-0.4, -0.2) is 24.2 Å². The minimum atomic E-state index is 0.151. The maximum Gasteiger partial charge on any atom is 0.195 e. The Morgan fingerprint density at radius 1 is 1.38 bits per heavy atom. The number of rotatable bonds is 5. The van der Waals surface area contributed by atoms with Crippen molar-refractivity contribution in [3.63, 3.8) is 0 Å². The molecule has 2 heterocycles. The number of nitrogens with zero attached hydrogens (tertiary/aromatic N) is 1. The second-order valence-corrected chi connectivity index (χ2v) is 4.64. The smallest absolute Gasteiger partial charge is 0.195 e. The third kappa shape index (κ3) is 2.44. The van der Waals surface area contributed by atoms with E-state index in [1.807, 2.05) is 6.20 Å². The Hall–Kier alpha value is -0.870. The highest BCUT2D eigenvalue weighted by Crippen LogP contribution is 2.28. The van der Waals surface area contributed by atoms with Crippen LogP contribution in [0.1, 0.15) is 43.4 Å². The van der Waals surface area contributed by atoms with Crippen LogP contribution in [0.3, 0.4) is 0 Å². The molecule has 1 saturated heterocycles. The maximum atomic E-state index is 5.69. The van der Waals surface area contributed by atoms with Crippen LogP contribution >= 0.6 is 0 Å². The van der Waals surface area contributed by atoms with Crippen molar-refractivity contribution in [2.75, 3.05) is 13.2 Å². The van der Waals surface area contributed by atoms with Crippen LogP contribution < -0.4 is 5.32 Å². The molecule has 16 heavy (non-hydrogen) atoms. The number of hydrogen-bond acceptors (Lipinski definition) is 4. The van der Waals surface area contributed by atoms with Crippen LogP contribution in [-0.2, 0) is 11.2 Å². The summed E-state index contributed by atoms with van der Waals surface area (Å²) in [6, 6.07) is 0.757. The fourth-order valence-corrected chi connectivity index (χ4v) is 2.06. The molecule has 4 heteroatoms. The first-order valence-corrected chi connectivity index (χ1v) is 6.21. The predicted molar refractivity (Wildman–Crippen MR) is 59.2 cm³/mol. The SMILES string of the molecule is c1nc(CCNC2CC2)oc1C1CCCO1. The molecule has 0 radical (unpaired) electrons. The predicted octanol–water partition coefficient (Wildman–Crippen LogP) is 1.82. The molecule has 0 aromatic carbocycles. The van der Waals surface area contributed by atoms with Gasteiger partial charge in [-0.1, -0.05) is 0 Å². The largest absolute Gasteiger partial charge is 0.443 e. The average Bonchev–Trinajstić information content (AvgIpc) is 2.83. The van der Waals surface area contributed by atoms with Gasteiger partial charge in [0, 0.05) is 25.6 Å². The molecule has 88 valence electrons. The lowest BCUT2D eigenvalue weighted by molar-refractivity contribution is 0.0925. The van der Waals surface area contributed by atoms with Crippen molar-refractivity contribution in [2.45, 2.75) is 44.2 Å². The standard InChI is InChI=1S/C12H18N2O2/c1-2-10(15-7-1)11-8-14-12(16-11)5-6-13-9-3-4-9/h8-10,13H,1-7H2. The Morgan fingerprint density at radius 2 is 2.31 bits per heavy atom. The Labute approximate surface area is 95.4 Å². The van der Waals surface area contributed by atoms with Crippen LogP contribution in [0, 0.1) is 0 Å². The van der Waals surface area contributed by atoms with Crippen molar-refractivity contribution in [3.05, 3.63) is 17.8 Å². The quantitative estimate of drug-likeness (QED) is 0.825. The molecular formula is C12H18N2O2. The maximum absolute atomic E-state index is 5.69. The van der Waals surface area contributed by atoms with Gasteiger partial charge in [0.15, 0.2) is 11.7 Å². The van der Waals surface area contributed by atoms with Crippen molar-refractivity contribution in [3.8, 4) is 0 Å². The summed E-state index contributed by atoms with van der Waals surface area (Å²) >= 11 is 0. The van der Waals surface area contributed by atoms with Gasteiger partial charge in [-0.2, -0.15) is 0 Å². The summed E-state index contributed by atoms with van der Waals surface area (Å²) in [5, 5.41) is 3.45. The molecule has 1 unspecified atom stereocenters. The van der Waals surface area contributed by atoms with Gasteiger partial charge >= 0.3 is 0 Å². The molecule has 1 aliphatic heterocycles. The number of aromatic nitrogens is 1.